The molecule has 0 bridgehead atoms. The Morgan fingerprint density at radius 3 is 2.84 bits per heavy atom. The third-order valence-corrected chi connectivity index (χ3v) is 5.49. The van der Waals surface area contributed by atoms with Crippen molar-refractivity contribution >= 4 is 23.6 Å². The largest absolute Gasteiger partial charge is 0.481 e. The van der Waals surface area contributed by atoms with Crippen molar-refractivity contribution < 1.29 is 19.8 Å². The molecule has 0 aromatic carbocycles. The maximum Gasteiger partial charge on any atom is 0.303 e. The first-order chi connectivity index (χ1) is 12.0. The van der Waals surface area contributed by atoms with Crippen molar-refractivity contribution in [2.75, 3.05) is 18.1 Å². The second-order valence-corrected chi connectivity index (χ2v) is 7.83. The first-order valence-electron chi connectivity index (χ1n) is 9.50. The van der Waals surface area contributed by atoms with Crippen molar-refractivity contribution in [1.82, 2.24) is 4.90 Å². The summed E-state index contributed by atoms with van der Waals surface area (Å²) in [6, 6.07) is 0.112. The first-order valence-corrected chi connectivity index (χ1v) is 10.7. The summed E-state index contributed by atoms with van der Waals surface area (Å²) in [5, 5.41) is 18.6. The van der Waals surface area contributed by atoms with Crippen LogP contribution in [-0.4, -0.2) is 57.2 Å². The lowest BCUT2D eigenvalue weighted by atomic mass is 10.1. The Bertz CT molecular complexity index is 428. The number of nitrogens with zero attached hydrogens (tertiary/aromatic N) is 1. The fraction of sp³-hybridized carbons (Fsp3) is 0.789. The van der Waals surface area contributed by atoms with Gasteiger partial charge in [-0.1, -0.05) is 38.3 Å². The van der Waals surface area contributed by atoms with E-state index in [9.17, 15) is 14.7 Å². The summed E-state index contributed by atoms with van der Waals surface area (Å²) in [5.74, 6) is 1.27. The molecule has 0 spiro atoms. The summed E-state index contributed by atoms with van der Waals surface area (Å²) < 4.78 is 0. The van der Waals surface area contributed by atoms with Crippen LogP contribution in [0.4, 0.5) is 0 Å². The van der Waals surface area contributed by atoms with E-state index in [0.717, 1.165) is 56.6 Å². The van der Waals surface area contributed by atoms with Crippen LogP contribution in [0.2, 0.25) is 0 Å². The molecule has 6 heteroatoms. The van der Waals surface area contributed by atoms with E-state index in [1.165, 1.54) is 0 Å². The molecule has 0 radical (unpaired) electrons. The van der Waals surface area contributed by atoms with Gasteiger partial charge in [-0.3, -0.25) is 9.59 Å². The van der Waals surface area contributed by atoms with E-state index in [1.807, 2.05) is 17.1 Å². The number of carbonyl (C=O) groups is 2. The number of carboxylic acids is 1. The van der Waals surface area contributed by atoms with Crippen molar-refractivity contribution in [1.29, 1.82) is 0 Å². The number of hydrogen-bond donors (Lipinski definition) is 2. The number of carbonyl (C=O) groups excluding carboxylic acids is 1. The summed E-state index contributed by atoms with van der Waals surface area (Å²) in [5.41, 5.74) is 0. The van der Waals surface area contributed by atoms with Crippen LogP contribution < -0.4 is 0 Å². The second-order valence-electron chi connectivity index (χ2n) is 6.60. The molecule has 1 fully saturated rings. The number of hydrogen-bond acceptors (Lipinski definition) is 4. The lowest BCUT2D eigenvalue weighted by Gasteiger charge is -2.22. The van der Waals surface area contributed by atoms with E-state index < -0.39 is 12.1 Å². The van der Waals surface area contributed by atoms with Crippen LogP contribution in [0, 0.1) is 0 Å². The van der Waals surface area contributed by atoms with Gasteiger partial charge in [0.25, 0.3) is 0 Å². The van der Waals surface area contributed by atoms with Gasteiger partial charge < -0.3 is 15.1 Å². The smallest absolute Gasteiger partial charge is 0.303 e. The predicted octanol–water partition coefficient (Wildman–Crippen LogP) is 3.46. The first kappa shape index (κ1) is 22.0. The zero-order valence-corrected chi connectivity index (χ0v) is 16.2. The number of aliphatic hydroxyl groups is 1. The van der Waals surface area contributed by atoms with Gasteiger partial charge in [-0.15, -0.1) is 0 Å². The third kappa shape index (κ3) is 9.90. The number of carboxylic acid groups (broad SMARTS) is 1. The average molecular weight is 372 g/mol. The van der Waals surface area contributed by atoms with Crippen LogP contribution in [0.3, 0.4) is 0 Å². The van der Waals surface area contributed by atoms with Crippen molar-refractivity contribution in [3.8, 4) is 0 Å². The number of amides is 1. The van der Waals surface area contributed by atoms with Gasteiger partial charge in [0, 0.05) is 25.1 Å². The van der Waals surface area contributed by atoms with Crippen LogP contribution in [-0.2, 0) is 9.59 Å². The number of unbranched alkanes of at least 4 members (excludes halogenated alkanes) is 3. The van der Waals surface area contributed by atoms with Crippen molar-refractivity contribution in [2.24, 2.45) is 0 Å². The lowest BCUT2D eigenvalue weighted by Crippen LogP contribution is -2.34. The number of aliphatic hydroxyl groups excluding tert-OH is 1. The summed E-state index contributed by atoms with van der Waals surface area (Å²) in [7, 11) is 0. The summed E-state index contributed by atoms with van der Waals surface area (Å²) in [4.78, 5) is 24.4. The zero-order valence-electron chi connectivity index (χ0n) is 15.4. The van der Waals surface area contributed by atoms with Gasteiger partial charge in [0.15, 0.2) is 0 Å². The van der Waals surface area contributed by atoms with Crippen molar-refractivity contribution in [3.63, 3.8) is 0 Å². The Balaban J connectivity index is 2.24. The molecule has 5 nitrogen and oxygen atoms in total. The van der Waals surface area contributed by atoms with E-state index in [0.29, 0.717) is 12.8 Å². The highest BCUT2D eigenvalue weighted by Gasteiger charge is 2.28. The van der Waals surface area contributed by atoms with Gasteiger partial charge >= 0.3 is 5.97 Å². The summed E-state index contributed by atoms with van der Waals surface area (Å²) in [6.07, 6.45) is 10.8. The Kier molecular flexibility index (Phi) is 11.7. The summed E-state index contributed by atoms with van der Waals surface area (Å²) in [6.45, 7) is 2.87. The molecule has 144 valence electrons. The Morgan fingerprint density at radius 1 is 1.32 bits per heavy atom. The average Bonchev–Trinajstić information content (AvgIpc) is 2.92. The number of rotatable bonds is 14. The molecular weight excluding hydrogens is 338 g/mol. The minimum Gasteiger partial charge on any atom is -0.481 e. The fourth-order valence-electron chi connectivity index (χ4n) is 2.95. The van der Waals surface area contributed by atoms with E-state index in [-0.39, 0.29) is 18.4 Å². The lowest BCUT2D eigenvalue weighted by molar-refractivity contribution is -0.137. The maximum absolute atomic E-state index is 12.0. The Hall–Kier alpha value is -1.01. The van der Waals surface area contributed by atoms with Crippen LogP contribution in [0.1, 0.15) is 64.7 Å². The Labute approximate surface area is 155 Å². The molecule has 1 heterocycles. The monoisotopic (exact) mass is 371 g/mol. The minimum absolute atomic E-state index is 0.112. The van der Waals surface area contributed by atoms with E-state index in [1.54, 1.807) is 11.8 Å². The van der Waals surface area contributed by atoms with Crippen LogP contribution >= 0.6 is 11.8 Å². The normalized spacial score (nSPS) is 19.0. The molecule has 1 aliphatic rings. The SMILES string of the molecule is CCCCC[C@H](O)C=C[C@H]1CCC(=O)N1CCSCCCCC(=O)O. The Morgan fingerprint density at radius 2 is 2.12 bits per heavy atom. The molecule has 0 aromatic rings. The topological polar surface area (TPSA) is 77.8 Å². The minimum atomic E-state index is -0.737. The highest BCUT2D eigenvalue weighted by molar-refractivity contribution is 7.99. The molecule has 1 rings (SSSR count). The van der Waals surface area contributed by atoms with Gasteiger partial charge in [0.1, 0.15) is 0 Å². The standard InChI is InChI=1S/C19H33NO4S/c1-2-3-4-7-17(21)11-9-16-10-12-18(22)20(16)13-15-25-14-6-5-8-19(23)24/h9,11,16-17,21H,2-8,10,12-15H2,1H3,(H,23,24)/t16-,17-/m0/s1. The van der Waals surface area contributed by atoms with Crippen LogP contribution in [0.25, 0.3) is 0 Å². The zero-order chi connectivity index (χ0) is 18.5. The highest BCUT2D eigenvalue weighted by atomic mass is 32.2. The van der Waals surface area contributed by atoms with Crippen LogP contribution in [0.5, 0.6) is 0 Å². The molecule has 2 N–H and O–H groups in total. The molecule has 25 heavy (non-hydrogen) atoms. The summed E-state index contributed by atoms with van der Waals surface area (Å²) >= 11 is 1.77. The maximum atomic E-state index is 12.0. The van der Waals surface area contributed by atoms with E-state index >= 15 is 0 Å². The molecular formula is C19H33NO4S. The molecule has 0 saturated carbocycles. The number of aliphatic carboxylic acids is 1. The molecule has 0 aliphatic carbocycles. The molecule has 2 atom stereocenters. The molecule has 1 aliphatic heterocycles. The molecule has 1 saturated heterocycles. The predicted molar refractivity (Wildman–Crippen MR) is 103 cm³/mol. The van der Waals surface area contributed by atoms with Gasteiger partial charge in [-0.25, -0.2) is 0 Å². The van der Waals surface area contributed by atoms with E-state index in [2.05, 4.69) is 6.92 Å². The van der Waals surface area contributed by atoms with Crippen molar-refractivity contribution in [3.05, 3.63) is 12.2 Å². The van der Waals surface area contributed by atoms with E-state index in [4.69, 9.17) is 5.11 Å². The third-order valence-electron chi connectivity index (χ3n) is 4.44. The molecule has 1 amide bonds. The second kappa shape index (κ2) is 13.2. The van der Waals surface area contributed by atoms with Crippen LogP contribution in [0.15, 0.2) is 12.2 Å². The number of likely N-dealkylation sites (tertiary alicyclic amines) is 1. The fourth-order valence-corrected chi connectivity index (χ4v) is 3.89. The number of thioether (sulfide) groups is 1. The van der Waals surface area contributed by atoms with Gasteiger partial charge in [-0.2, -0.15) is 11.8 Å². The quantitative estimate of drug-likeness (QED) is 0.361. The molecule has 0 aromatic heterocycles. The van der Waals surface area contributed by atoms with Gasteiger partial charge in [0.05, 0.1) is 12.1 Å². The molecule has 0 unspecified atom stereocenters. The van der Waals surface area contributed by atoms with Gasteiger partial charge in [-0.05, 0) is 31.4 Å². The highest BCUT2D eigenvalue weighted by Crippen LogP contribution is 2.21. The van der Waals surface area contributed by atoms with Crippen molar-refractivity contribution in [2.45, 2.75) is 76.9 Å². The van der Waals surface area contributed by atoms with Gasteiger partial charge in [0.2, 0.25) is 5.91 Å².